The van der Waals surface area contributed by atoms with Crippen molar-refractivity contribution in [3.8, 4) is 0 Å². The Balaban J connectivity index is 1.56. The number of aromatic nitrogens is 4. The molecular formula is C17H17N5O. The second kappa shape index (κ2) is 5.79. The van der Waals surface area contributed by atoms with Crippen LogP contribution in [0.15, 0.2) is 48.7 Å². The van der Waals surface area contributed by atoms with E-state index in [-0.39, 0.29) is 12.1 Å². The van der Waals surface area contributed by atoms with E-state index in [1.807, 2.05) is 47.4 Å². The summed E-state index contributed by atoms with van der Waals surface area (Å²) in [4.78, 5) is 20.1. The molecule has 6 heteroatoms. The van der Waals surface area contributed by atoms with Gasteiger partial charge in [-0.2, -0.15) is 15.0 Å². The molecule has 0 bridgehead atoms. The molecule has 0 N–H and O–H groups in total. The lowest BCUT2D eigenvalue weighted by atomic mass is 10.2. The number of likely N-dealkylation sites (tertiary alicyclic amines) is 1. The first-order valence-corrected chi connectivity index (χ1v) is 7.82. The zero-order valence-corrected chi connectivity index (χ0v) is 12.7. The van der Waals surface area contributed by atoms with Gasteiger partial charge in [0.2, 0.25) is 5.91 Å². The molecule has 23 heavy (non-hydrogen) atoms. The minimum atomic E-state index is -0.0985. The number of amides is 1. The molecule has 2 aromatic heterocycles. The maximum Gasteiger partial charge on any atom is 0.224 e. The van der Waals surface area contributed by atoms with Crippen LogP contribution in [0.25, 0.3) is 11.0 Å². The Labute approximate surface area is 133 Å². The van der Waals surface area contributed by atoms with Crippen molar-refractivity contribution in [3.63, 3.8) is 0 Å². The summed E-state index contributed by atoms with van der Waals surface area (Å²) in [6, 6.07) is 13.6. The van der Waals surface area contributed by atoms with Crippen molar-refractivity contribution < 1.29 is 4.79 Å². The van der Waals surface area contributed by atoms with Gasteiger partial charge in [0.05, 0.1) is 0 Å². The van der Waals surface area contributed by atoms with E-state index in [2.05, 4.69) is 15.2 Å². The van der Waals surface area contributed by atoms with Crippen LogP contribution in [0.1, 0.15) is 24.7 Å². The van der Waals surface area contributed by atoms with Crippen LogP contribution in [0.4, 0.5) is 0 Å². The molecule has 3 heterocycles. The third-order valence-corrected chi connectivity index (χ3v) is 4.20. The van der Waals surface area contributed by atoms with Gasteiger partial charge in [0.25, 0.3) is 0 Å². The number of hydrogen-bond donors (Lipinski definition) is 0. The summed E-state index contributed by atoms with van der Waals surface area (Å²) >= 11 is 0. The highest BCUT2D eigenvalue weighted by atomic mass is 16.2. The molecule has 6 nitrogen and oxygen atoms in total. The Morgan fingerprint density at radius 2 is 1.78 bits per heavy atom. The van der Waals surface area contributed by atoms with Crippen molar-refractivity contribution in [1.82, 2.24) is 24.9 Å². The summed E-state index contributed by atoms with van der Waals surface area (Å²) in [7, 11) is 0. The number of rotatable bonds is 4. The van der Waals surface area contributed by atoms with E-state index < -0.39 is 0 Å². The second-order valence-electron chi connectivity index (χ2n) is 5.69. The molecule has 3 aromatic rings. The molecule has 0 aliphatic carbocycles. The number of benzene rings is 1. The Kier molecular flexibility index (Phi) is 3.49. The molecule has 1 aromatic carbocycles. The number of carbonyl (C=O) groups is 1. The highest BCUT2D eigenvalue weighted by molar-refractivity contribution is 5.78. The maximum absolute atomic E-state index is 12.2. The lowest BCUT2D eigenvalue weighted by Crippen LogP contribution is -2.34. The minimum absolute atomic E-state index is 0.0985. The maximum atomic E-state index is 12.2. The van der Waals surface area contributed by atoms with Crippen molar-refractivity contribution in [2.75, 3.05) is 6.54 Å². The SMILES string of the molecule is O=C1CCC(n2nc3ccccc3n2)N1CCc1ccccn1. The molecule has 0 saturated carbocycles. The van der Waals surface area contributed by atoms with Crippen LogP contribution < -0.4 is 0 Å². The van der Waals surface area contributed by atoms with Crippen LogP contribution in [0, 0.1) is 0 Å². The van der Waals surface area contributed by atoms with E-state index in [0.29, 0.717) is 13.0 Å². The van der Waals surface area contributed by atoms with Gasteiger partial charge in [-0.05, 0) is 30.7 Å². The monoisotopic (exact) mass is 307 g/mol. The van der Waals surface area contributed by atoms with Crippen LogP contribution in [0.3, 0.4) is 0 Å². The molecule has 116 valence electrons. The molecule has 1 fully saturated rings. The van der Waals surface area contributed by atoms with Crippen molar-refractivity contribution in [2.24, 2.45) is 0 Å². The van der Waals surface area contributed by atoms with Crippen LogP contribution in [0.2, 0.25) is 0 Å². The molecule has 1 unspecified atom stereocenters. The lowest BCUT2D eigenvalue weighted by molar-refractivity contribution is -0.130. The van der Waals surface area contributed by atoms with E-state index in [1.54, 1.807) is 11.0 Å². The quantitative estimate of drug-likeness (QED) is 0.741. The lowest BCUT2D eigenvalue weighted by Gasteiger charge is -2.23. The number of pyridine rings is 1. The Hall–Kier alpha value is -2.76. The molecule has 1 aliphatic heterocycles. The fourth-order valence-electron chi connectivity index (χ4n) is 3.02. The smallest absolute Gasteiger partial charge is 0.224 e. The summed E-state index contributed by atoms with van der Waals surface area (Å²) in [6.07, 6.45) is 3.72. The molecule has 1 atom stereocenters. The number of hydrogen-bond acceptors (Lipinski definition) is 4. The number of fused-ring (bicyclic) bond motifs is 1. The zero-order valence-electron chi connectivity index (χ0n) is 12.7. The average Bonchev–Trinajstić information content (AvgIpc) is 3.17. The van der Waals surface area contributed by atoms with Crippen LogP contribution >= 0.6 is 0 Å². The molecule has 1 aliphatic rings. The fraction of sp³-hybridized carbons (Fsp3) is 0.294. The average molecular weight is 307 g/mol. The van der Waals surface area contributed by atoms with Crippen molar-refractivity contribution >= 4 is 16.9 Å². The fourth-order valence-corrected chi connectivity index (χ4v) is 3.02. The second-order valence-corrected chi connectivity index (χ2v) is 5.69. The van der Waals surface area contributed by atoms with Gasteiger partial charge >= 0.3 is 0 Å². The van der Waals surface area contributed by atoms with Gasteiger partial charge in [0.1, 0.15) is 17.2 Å². The van der Waals surface area contributed by atoms with Gasteiger partial charge in [-0.25, -0.2) is 0 Å². The predicted octanol–water partition coefficient (Wildman–Crippen LogP) is 2.19. The Morgan fingerprint density at radius 1 is 1.04 bits per heavy atom. The largest absolute Gasteiger partial charge is 0.318 e. The summed E-state index contributed by atoms with van der Waals surface area (Å²) < 4.78 is 0. The molecule has 1 amide bonds. The van der Waals surface area contributed by atoms with Gasteiger partial charge in [-0.15, -0.1) is 0 Å². The standard InChI is InChI=1S/C17H17N5O/c23-17-9-8-16(21(17)12-10-13-5-3-4-11-18-13)22-19-14-6-1-2-7-15(14)20-22/h1-7,11,16H,8-10,12H2. The summed E-state index contributed by atoms with van der Waals surface area (Å²) in [5.74, 6) is 0.160. The van der Waals surface area contributed by atoms with Gasteiger partial charge in [0, 0.05) is 31.3 Å². The van der Waals surface area contributed by atoms with Gasteiger partial charge in [0.15, 0.2) is 0 Å². The Morgan fingerprint density at radius 3 is 2.48 bits per heavy atom. The van der Waals surface area contributed by atoms with Crippen molar-refractivity contribution in [1.29, 1.82) is 0 Å². The third kappa shape index (κ3) is 2.67. The first-order chi connectivity index (χ1) is 11.3. The van der Waals surface area contributed by atoms with E-state index in [0.717, 1.165) is 29.6 Å². The molecule has 0 spiro atoms. The zero-order chi connectivity index (χ0) is 15.6. The molecule has 1 saturated heterocycles. The van der Waals surface area contributed by atoms with Crippen molar-refractivity contribution in [2.45, 2.75) is 25.4 Å². The predicted molar refractivity (Wildman–Crippen MR) is 85.5 cm³/mol. The van der Waals surface area contributed by atoms with Crippen LogP contribution in [0.5, 0.6) is 0 Å². The van der Waals surface area contributed by atoms with E-state index >= 15 is 0 Å². The first-order valence-electron chi connectivity index (χ1n) is 7.82. The third-order valence-electron chi connectivity index (χ3n) is 4.20. The summed E-state index contributed by atoms with van der Waals surface area (Å²) in [5, 5.41) is 9.06. The van der Waals surface area contributed by atoms with E-state index in [4.69, 9.17) is 0 Å². The normalized spacial score (nSPS) is 18.0. The topological polar surface area (TPSA) is 63.9 Å². The minimum Gasteiger partial charge on any atom is -0.318 e. The van der Waals surface area contributed by atoms with Gasteiger partial charge in [-0.3, -0.25) is 9.78 Å². The highest BCUT2D eigenvalue weighted by Crippen LogP contribution is 2.27. The van der Waals surface area contributed by atoms with Gasteiger partial charge < -0.3 is 4.90 Å². The van der Waals surface area contributed by atoms with Crippen LogP contribution in [-0.2, 0) is 11.2 Å². The highest BCUT2D eigenvalue weighted by Gasteiger charge is 2.33. The summed E-state index contributed by atoms with van der Waals surface area (Å²) in [6.45, 7) is 0.637. The molecule has 0 radical (unpaired) electrons. The van der Waals surface area contributed by atoms with Crippen LogP contribution in [-0.4, -0.2) is 37.3 Å². The van der Waals surface area contributed by atoms with E-state index in [1.165, 1.54) is 0 Å². The van der Waals surface area contributed by atoms with E-state index in [9.17, 15) is 4.79 Å². The number of nitrogens with zero attached hydrogens (tertiary/aromatic N) is 5. The molecular weight excluding hydrogens is 290 g/mol. The Bertz CT molecular complexity index is 796. The molecule has 4 rings (SSSR count). The number of carbonyl (C=O) groups excluding carboxylic acids is 1. The van der Waals surface area contributed by atoms with Crippen molar-refractivity contribution in [3.05, 3.63) is 54.4 Å². The van der Waals surface area contributed by atoms with Gasteiger partial charge in [-0.1, -0.05) is 18.2 Å². The first kappa shape index (κ1) is 13.9. The summed E-state index contributed by atoms with van der Waals surface area (Å²) in [5.41, 5.74) is 2.71.